The Hall–Kier alpha value is -0.0800. The molecule has 2 heteroatoms. The Kier molecular flexibility index (Phi) is 2.37. The molecule has 1 N–H and O–H groups in total. The predicted molar refractivity (Wildman–Crippen MR) is 49.1 cm³/mol. The molecule has 0 amide bonds. The highest BCUT2D eigenvalue weighted by atomic mass is 16.5. The van der Waals surface area contributed by atoms with Gasteiger partial charge in [0.1, 0.15) is 0 Å². The summed E-state index contributed by atoms with van der Waals surface area (Å²) in [4.78, 5) is 0. The average molecular weight is 169 g/mol. The number of nitrogens with one attached hydrogen (secondary N) is 1. The number of hydrogen-bond acceptors (Lipinski definition) is 2. The molecule has 0 saturated carbocycles. The van der Waals surface area contributed by atoms with E-state index in [2.05, 4.69) is 12.2 Å². The highest BCUT2D eigenvalue weighted by Crippen LogP contribution is 2.42. The van der Waals surface area contributed by atoms with Crippen LogP contribution in [0.4, 0.5) is 0 Å². The lowest BCUT2D eigenvalue weighted by Crippen LogP contribution is -2.29. The Bertz CT molecular complexity index is 160. The van der Waals surface area contributed by atoms with E-state index in [0.717, 1.165) is 18.4 Å². The molecule has 12 heavy (non-hydrogen) atoms. The second kappa shape index (κ2) is 3.35. The third kappa shape index (κ3) is 1.38. The van der Waals surface area contributed by atoms with E-state index in [1.807, 2.05) is 7.05 Å². The van der Waals surface area contributed by atoms with E-state index in [0.29, 0.717) is 12.2 Å². The monoisotopic (exact) mass is 169 g/mol. The minimum Gasteiger partial charge on any atom is -0.375 e. The number of fused-ring (bicyclic) bond motifs is 2. The van der Waals surface area contributed by atoms with Crippen molar-refractivity contribution in [3.8, 4) is 0 Å². The smallest absolute Gasteiger partial charge is 0.0612 e. The van der Waals surface area contributed by atoms with Crippen molar-refractivity contribution >= 4 is 0 Å². The van der Waals surface area contributed by atoms with Crippen LogP contribution in [0.3, 0.4) is 0 Å². The Morgan fingerprint density at radius 3 is 2.83 bits per heavy atom. The Balaban J connectivity index is 1.89. The zero-order valence-corrected chi connectivity index (χ0v) is 8.05. The fourth-order valence-corrected chi connectivity index (χ4v) is 2.75. The first kappa shape index (κ1) is 8.52. The van der Waals surface area contributed by atoms with Crippen LogP contribution in [0.15, 0.2) is 0 Å². The molecule has 70 valence electrons. The first-order valence-corrected chi connectivity index (χ1v) is 5.11. The first-order valence-electron chi connectivity index (χ1n) is 5.11. The van der Waals surface area contributed by atoms with Crippen LogP contribution in [0, 0.1) is 11.8 Å². The Labute approximate surface area is 74.7 Å². The zero-order chi connectivity index (χ0) is 8.55. The summed E-state index contributed by atoms with van der Waals surface area (Å²) < 4.78 is 5.82. The molecule has 0 aliphatic carbocycles. The van der Waals surface area contributed by atoms with E-state index < -0.39 is 0 Å². The maximum atomic E-state index is 5.82. The molecule has 2 rings (SSSR count). The standard InChI is InChI=1S/C10H19NO/c1-7(6-11-2)9-5-8-3-4-10(9)12-8/h7-11H,3-6H2,1-2H3. The maximum absolute atomic E-state index is 5.82. The topological polar surface area (TPSA) is 21.3 Å². The predicted octanol–water partition coefficient (Wildman–Crippen LogP) is 1.41. The van der Waals surface area contributed by atoms with Gasteiger partial charge in [-0.2, -0.15) is 0 Å². The molecule has 0 aromatic rings. The van der Waals surface area contributed by atoms with Crippen LogP contribution in [-0.2, 0) is 4.74 Å². The number of hydrogen-bond donors (Lipinski definition) is 1. The van der Waals surface area contributed by atoms with Crippen LogP contribution in [0.2, 0.25) is 0 Å². The lowest BCUT2D eigenvalue weighted by atomic mass is 9.81. The van der Waals surface area contributed by atoms with Crippen molar-refractivity contribution in [1.82, 2.24) is 5.32 Å². The van der Waals surface area contributed by atoms with Crippen LogP contribution >= 0.6 is 0 Å². The Morgan fingerprint density at radius 2 is 2.33 bits per heavy atom. The van der Waals surface area contributed by atoms with Gasteiger partial charge in [0.2, 0.25) is 0 Å². The van der Waals surface area contributed by atoms with Gasteiger partial charge in [0.05, 0.1) is 12.2 Å². The van der Waals surface area contributed by atoms with Crippen molar-refractivity contribution in [1.29, 1.82) is 0 Å². The van der Waals surface area contributed by atoms with Crippen LogP contribution in [0.1, 0.15) is 26.2 Å². The molecule has 4 unspecified atom stereocenters. The third-order valence-electron chi connectivity index (χ3n) is 3.41. The van der Waals surface area contributed by atoms with E-state index in [1.54, 1.807) is 0 Å². The van der Waals surface area contributed by atoms with E-state index >= 15 is 0 Å². The fraction of sp³-hybridized carbons (Fsp3) is 1.00. The highest BCUT2D eigenvalue weighted by Gasteiger charge is 2.42. The molecular weight excluding hydrogens is 150 g/mol. The number of ether oxygens (including phenoxy) is 1. The summed E-state index contributed by atoms with van der Waals surface area (Å²) in [6, 6.07) is 0. The van der Waals surface area contributed by atoms with Gasteiger partial charge in [0.15, 0.2) is 0 Å². The van der Waals surface area contributed by atoms with Gasteiger partial charge in [-0.25, -0.2) is 0 Å². The fourth-order valence-electron chi connectivity index (χ4n) is 2.75. The molecule has 2 heterocycles. The molecule has 0 aromatic heterocycles. The van der Waals surface area contributed by atoms with Crippen LogP contribution < -0.4 is 5.32 Å². The van der Waals surface area contributed by atoms with Gasteiger partial charge in [-0.1, -0.05) is 6.92 Å². The first-order chi connectivity index (χ1) is 5.81. The lowest BCUT2D eigenvalue weighted by molar-refractivity contribution is 0.0835. The second-order valence-electron chi connectivity index (χ2n) is 4.31. The van der Waals surface area contributed by atoms with Gasteiger partial charge in [-0.15, -0.1) is 0 Å². The molecule has 2 aliphatic rings. The van der Waals surface area contributed by atoms with Gasteiger partial charge in [0.25, 0.3) is 0 Å². The molecule has 2 fully saturated rings. The summed E-state index contributed by atoms with van der Waals surface area (Å²) in [6.45, 7) is 3.47. The SMILES string of the molecule is CNCC(C)C1CC2CCC1O2. The summed E-state index contributed by atoms with van der Waals surface area (Å²) in [5, 5.41) is 3.25. The highest BCUT2D eigenvalue weighted by molar-refractivity contribution is 4.91. The molecule has 2 nitrogen and oxygen atoms in total. The molecule has 2 bridgehead atoms. The van der Waals surface area contributed by atoms with Crippen molar-refractivity contribution < 1.29 is 4.74 Å². The maximum Gasteiger partial charge on any atom is 0.0612 e. The molecule has 0 aromatic carbocycles. The summed E-state index contributed by atoms with van der Waals surface area (Å²) >= 11 is 0. The van der Waals surface area contributed by atoms with Gasteiger partial charge >= 0.3 is 0 Å². The molecule has 0 radical (unpaired) electrons. The van der Waals surface area contributed by atoms with Crippen LogP contribution in [-0.4, -0.2) is 25.8 Å². The van der Waals surface area contributed by atoms with Crippen molar-refractivity contribution in [2.75, 3.05) is 13.6 Å². The van der Waals surface area contributed by atoms with Crippen LogP contribution in [0.5, 0.6) is 0 Å². The van der Waals surface area contributed by atoms with Crippen molar-refractivity contribution in [3.63, 3.8) is 0 Å². The summed E-state index contributed by atoms with van der Waals surface area (Å²) in [7, 11) is 2.03. The van der Waals surface area contributed by atoms with E-state index in [4.69, 9.17) is 4.74 Å². The largest absolute Gasteiger partial charge is 0.375 e. The van der Waals surface area contributed by atoms with Crippen molar-refractivity contribution in [3.05, 3.63) is 0 Å². The molecular formula is C10H19NO. The second-order valence-corrected chi connectivity index (χ2v) is 4.31. The molecule has 4 atom stereocenters. The van der Waals surface area contributed by atoms with E-state index in [9.17, 15) is 0 Å². The Morgan fingerprint density at radius 1 is 1.50 bits per heavy atom. The normalized spacial score (nSPS) is 42.0. The quantitative estimate of drug-likeness (QED) is 0.689. The van der Waals surface area contributed by atoms with Crippen LogP contribution in [0.25, 0.3) is 0 Å². The van der Waals surface area contributed by atoms with Gasteiger partial charge < -0.3 is 10.1 Å². The zero-order valence-electron chi connectivity index (χ0n) is 8.05. The summed E-state index contributed by atoms with van der Waals surface area (Å²) in [5.41, 5.74) is 0. The third-order valence-corrected chi connectivity index (χ3v) is 3.41. The minimum atomic E-state index is 0.596. The molecule has 0 spiro atoms. The van der Waals surface area contributed by atoms with Crippen molar-refractivity contribution in [2.45, 2.75) is 38.4 Å². The number of rotatable bonds is 3. The summed E-state index contributed by atoms with van der Waals surface area (Å²) in [6.07, 6.45) is 5.14. The molecule has 2 saturated heterocycles. The summed E-state index contributed by atoms with van der Waals surface area (Å²) in [5.74, 6) is 1.61. The van der Waals surface area contributed by atoms with Gasteiger partial charge in [-0.3, -0.25) is 0 Å². The average Bonchev–Trinajstić information content (AvgIpc) is 2.64. The molecule has 2 aliphatic heterocycles. The van der Waals surface area contributed by atoms with Gasteiger partial charge in [-0.05, 0) is 44.7 Å². The van der Waals surface area contributed by atoms with Crippen molar-refractivity contribution in [2.24, 2.45) is 11.8 Å². The lowest BCUT2D eigenvalue weighted by Gasteiger charge is -2.24. The minimum absolute atomic E-state index is 0.596. The van der Waals surface area contributed by atoms with E-state index in [1.165, 1.54) is 19.3 Å². The van der Waals surface area contributed by atoms with E-state index in [-0.39, 0.29) is 0 Å². The van der Waals surface area contributed by atoms with Gasteiger partial charge in [0, 0.05) is 0 Å².